The SMILES string of the molecule is CC(NC(=O)CSCc1ccc(F)cc1)(C(=O)O)C1CC1. The molecule has 1 unspecified atom stereocenters. The lowest BCUT2D eigenvalue weighted by atomic mass is 9.96. The average molecular weight is 311 g/mol. The predicted molar refractivity (Wildman–Crippen MR) is 79.5 cm³/mol. The molecule has 1 aliphatic carbocycles. The van der Waals surface area contributed by atoms with Crippen molar-refractivity contribution in [1.29, 1.82) is 0 Å². The van der Waals surface area contributed by atoms with Crippen LogP contribution in [0, 0.1) is 11.7 Å². The number of halogens is 1. The minimum absolute atomic E-state index is 0.0287. The Bertz CT molecular complexity index is 530. The minimum Gasteiger partial charge on any atom is -0.480 e. The molecule has 0 aromatic heterocycles. The highest BCUT2D eigenvalue weighted by molar-refractivity contribution is 7.99. The van der Waals surface area contributed by atoms with Crippen LogP contribution in [0.2, 0.25) is 0 Å². The molecule has 0 bridgehead atoms. The van der Waals surface area contributed by atoms with Gasteiger partial charge in [-0.05, 0) is 43.4 Å². The van der Waals surface area contributed by atoms with E-state index in [1.54, 1.807) is 19.1 Å². The van der Waals surface area contributed by atoms with Gasteiger partial charge in [-0.2, -0.15) is 0 Å². The molecule has 6 heteroatoms. The van der Waals surface area contributed by atoms with E-state index in [0.29, 0.717) is 5.75 Å². The molecular formula is C15H18FNO3S. The number of aliphatic carboxylic acids is 1. The summed E-state index contributed by atoms with van der Waals surface area (Å²) >= 11 is 1.38. The molecule has 1 aliphatic rings. The van der Waals surface area contributed by atoms with Crippen LogP contribution in [0.4, 0.5) is 4.39 Å². The summed E-state index contributed by atoms with van der Waals surface area (Å²) in [6, 6.07) is 6.10. The molecule has 2 N–H and O–H groups in total. The number of carbonyl (C=O) groups excluding carboxylic acids is 1. The maximum Gasteiger partial charge on any atom is 0.329 e. The van der Waals surface area contributed by atoms with Crippen LogP contribution in [-0.2, 0) is 15.3 Å². The van der Waals surface area contributed by atoms with Crippen molar-refractivity contribution in [1.82, 2.24) is 5.32 Å². The molecule has 0 radical (unpaired) electrons. The largest absolute Gasteiger partial charge is 0.480 e. The third-order valence-corrected chi connectivity index (χ3v) is 4.66. The summed E-state index contributed by atoms with van der Waals surface area (Å²) in [4.78, 5) is 23.2. The van der Waals surface area contributed by atoms with Gasteiger partial charge in [-0.3, -0.25) is 4.79 Å². The Morgan fingerprint density at radius 2 is 2.00 bits per heavy atom. The molecule has 2 rings (SSSR count). The molecule has 1 aromatic rings. The van der Waals surface area contributed by atoms with Crippen molar-refractivity contribution in [2.24, 2.45) is 5.92 Å². The number of carbonyl (C=O) groups is 2. The summed E-state index contributed by atoms with van der Waals surface area (Å²) in [6.45, 7) is 1.57. The van der Waals surface area contributed by atoms with E-state index in [-0.39, 0.29) is 23.4 Å². The molecular weight excluding hydrogens is 293 g/mol. The van der Waals surface area contributed by atoms with Gasteiger partial charge in [0.2, 0.25) is 5.91 Å². The summed E-state index contributed by atoms with van der Waals surface area (Å²) < 4.78 is 12.8. The number of carboxylic acid groups (broad SMARTS) is 1. The number of thioether (sulfide) groups is 1. The second kappa shape index (κ2) is 6.47. The first kappa shape index (κ1) is 15.8. The van der Waals surface area contributed by atoms with Gasteiger partial charge in [0.05, 0.1) is 5.75 Å². The first-order valence-corrected chi connectivity index (χ1v) is 7.94. The van der Waals surface area contributed by atoms with Crippen molar-refractivity contribution in [2.75, 3.05) is 5.75 Å². The first-order chi connectivity index (χ1) is 9.91. The Balaban J connectivity index is 1.79. The number of hydrogen-bond acceptors (Lipinski definition) is 3. The van der Waals surface area contributed by atoms with E-state index >= 15 is 0 Å². The van der Waals surface area contributed by atoms with Crippen molar-refractivity contribution < 1.29 is 19.1 Å². The molecule has 114 valence electrons. The van der Waals surface area contributed by atoms with Crippen LogP contribution < -0.4 is 5.32 Å². The number of rotatable bonds is 7. The number of hydrogen-bond donors (Lipinski definition) is 2. The Morgan fingerprint density at radius 1 is 1.38 bits per heavy atom. The van der Waals surface area contributed by atoms with Gasteiger partial charge < -0.3 is 10.4 Å². The summed E-state index contributed by atoms with van der Waals surface area (Å²) in [5.74, 6) is -0.751. The van der Waals surface area contributed by atoms with Gasteiger partial charge in [0, 0.05) is 5.75 Å². The van der Waals surface area contributed by atoms with Crippen molar-refractivity contribution in [2.45, 2.75) is 31.1 Å². The van der Waals surface area contributed by atoms with E-state index in [1.165, 1.54) is 23.9 Å². The van der Waals surface area contributed by atoms with Crippen molar-refractivity contribution >= 4 is 23.6 Å². The fourth-order valence-electron chi connectivity index (χ4n) is 2.16. The van der Waals surface area contributed by atoms with E-state index in [1.807, 2.05) is 0 Å². The molecule has 0 heterocycles. The van der Waals surface area contributed by atoms with Crippen molar-refractivity contribution in [3.8, 4) is 0 Å². The summed E-state index contributed by atoms with van der Waals surface area (Å²) in [6.07, 6.45) is 1.68. The number of amides is 1. The molecule has 1 fully saturated rings. The molecule has 1 aromatic carbocycles. The molecule has 21 heavy (non-hydrogen) atoms. The van der Waals surface area contributed by atoms with Gasteiger partial charge in [0.1, 0.15) is 11.4 Å². The van der Waals surface area contributed by atoms with Crippen molar-refractivity contribution in [3.05, 3.63) is 35.6 Å². The van der Waals surface area contributed by atoms with E-state index in [4.69, 9.17) is 0 Å². The smallest absolute Gasteiger partial charge is 0.329 e. The van der Waals surface area contributed by atoms with Crippen LogP contribution in [0.25, 0.3) is 0 Å². The Morgan fingerprint density at radius 3 is 2.52 bits per heavy atom. The maximum atomic E-state index is 12.8. The number of carboxylic acids is 1. The maximum absolute atomic E-state index is 12.8. The number of nitrogens with one attached hydrogen (secondary N) is 1. The zero-order valence-corrected chi connectivity index (χ0v) is 12.6. The Hall–Kier alpha value is -1.56. The van der Waals surface area contributed by atoms with Gasteiger partial charge in [0.15, 0.2) is 0 Å². The molecule has 1 amide bonds. The fourth-order valence-corrected chi connectivity index (χ4v) is 2.95. The standard InChI is InChI=1S/C15H18FNO3S/c1-15(14(19)20,11-4-5-11)17-13(18)9-21-8-10-2-6-12(16)7-3-10/h2-3,6-7,11H,4-5,8-9H2,1H3,(H,17,18)(H,19,20). The van der Waals surface area contributed by atoms with Crippen LogP contribution in [-0.4, -0.2) is 28.3 Å². The molecule has 0 spiro atoms. The predicted octanol–water partition coefficient (Wildman–Crippen LogP) is 2.43. The minimum atomic E-state index is -1.16. The highest BCUT2D eigenvalue weighted by atomic mass is 32.2. The summed E-state index contributed by atoms with van der Waals surface area (Å²) in [7, 11) is 0. The first-order valence-electron chi connectivity index (χ1n) is 6.78. The monoisotopic (exact) mass is 311 g/mol. The van der Waals surface area contributed by atoms with Crippen LogP contribution in [0.15, 0.2) is 24.3 Å². The van der Waals surface area contributed by atoms with E-state index in [2.05, 4.69) is 5.32 Å². The molecule has 1 atom stereocenters. The lowest BCUT2D eigenvalue weighted by molar-refractivity contribution is -0.147. The highest BCUT2D eigenvalue weighted by Gasteiger charge is 2.48. The normalized spacial score (nSPS) is 17.0. The highest BCUT2D eigenvalue weighted by Crippen LogP contribution is 2.39. The molecule has 0 aliphatic heterocycles. The fraction of sp³-hybridized carbons (Fsp3) is 0.467. The van der Waals surface area contributed by atoms with Crippen LogP contribution in [0.1, 0.15) is 25.3 Å². The van der Waals surface area contributed by atoms with E-state index in [0.717, 1.165) is 18.4 Å². The zero-order valence-electron chi connectivity index (χ0n) is 11.8. The van der Waals surface area contributed by atoms with Crippen LogP contribution in [0.3, 0.4) is 0 Å². The van der Waals surface area contributed by atoms with Gasteiger partial charge in [-0.25, -0.2) is 9.18 Å². The second-order valence-corrected chi connectivity index (χ2v) is 6.43. The van der Waals surface area contributed by atoms with E-state index < -0.39 is 11.5 Å². The Labute approximate surface area is 127 Å². The van der Waals surface area contributed by atoms with Gasteiger partial charge in [-0.1, -0.05) is 12.1 Å². The summed E-state index contributed by atoms with van der Waals surface area (Å²) in [5, 5.41) is 11.9. The molecule has 1 saturated carbocycles. The third kappa shape index (κ3) is 4.20. The zero-order chi connectivity index (χ0) is 15.5. The summed E-state index contributed by atoms with van der Waals surface area (Å²) in [5.41, 5.74) is -0.231. The van der Waals surface area contributed by atoms with Crippen LogP contribution in [0.5, 0.6) is 0 Å². The molecule has 4 nitrogen and oxygen atoms in total. The number of benzene rings is 1. The second-order valence-electron chi connectivity index (χ2n) is 5.45. The van der Waals surface area contributed by atoms with Gasteiger partial charge in [0.25, 0.3) is 0 Å². The van der Waals surface area contributed by atoms with E-state index in [9.17, 15) is 19.1 Å². The topological polar surface area (TPSA) is 66.4 Å². The average Bonchev–Trinajstić information content (AvgIpc) is 3.25. The quantitative estimate of drug-likeness (QED) is 0.811. The van der Waals surface area contributed by atoms with Gasteiger partial charge in [-0.15, -0.1) is 11.8 Å². The van der Waals surface area contributed by atoms with Crippen LogP contribution >= 0.6 is 11.8 Å². The lowest BCUT2D eigenvalue weighted by Crippen LogP contribution is -2.54. The third-order valence-electron chi connectivity index (χ3n) is 3.65. The Kier molecular flexibility index (Phi) is 4.88. The van der Waals surface area contributed by atoms with Crippen molar-refractivity contribution in [3.63, 3.8) is 0 Å². The lowest BCUT2D eigenvalue weighted by Gasteiger charge is -2.26. The molecule has 0 saturated heterocycles. The van der Waals surface area contributed by atoms with Gasteiger partial charge >= 0.3 is 5.97 Å².